The molecule has 2 aromatic rings. The van der Waals surface area contributed by atoms with E-state index in [1.807, 2.05) is 24.3 Å². The molecule has 0 amide bonds. The smallest absolute Gasteiger partial charge is 0.338 e. The molecule has 0 saturated heterocycles. The zero-order chi connectivity index (χ0) is 17.0. The van der Waals surface area contributed by atoms with E-state index in [1.165, 1.54) is 5.56 Å². The number of carbonyl (C=O) groups is 1. The van der Waals surface area contributed by atoms with Crippen LogP contribution in [0.5, 0.6) is 0 Å². The molecule has 0 spiro atoms. The number of benzene rings is 2. The molecular formula is C21H27NO2. The standard InChI is InChI=1S/C21H27NO2/c1-2-20(24-21(23)19-13-7-4-8-14-19)15-9-10-16-22-17-18-11-5-3-6-12-18/h3-8,11-14,20,22H,2,9-10,15-17H2,1H3. The molecule has 3 nitrogen and oxygen atoms in total. The van der Waals surface area contributed by atoms with Crippen LogP contribution in [-0.4, -0.2) is 18.6 Å². The van der Waals surface area contributed by atoms with Crippen molar-refractivity contribution in [3.8, 4) is 0 Å². The van der Waals surface area contributed by atoms with E-state index in [9.17, 15) is 4.79 Å². The third-order valence-electron chi connectivity index (χ3n) is 4.04. The van der Waals surface area contributed by atoms with E-state index in [4.69, 9.17) is 4.74 Å². The van der Waals surface area contributed by atoms with Crippen molar-refractivity contribution >= 4 is 5.97 Å². The monoisotopic (exact) mass is 325 g/mol. The zero-order valence-electron chi connectivity index (χ0n) is 14.4. The van der Waals surface area contributed by atoms with Crippen molar-refractivity contribution in [1.29, 1.82) is 0 Å². The van der Waals surface area contributed by atoms with Gasteiger partial charge >= 0.3 is 5.97 Å². The third-order valence-corrected chi connectivity index (χ3v) is 4.04. The Labute approximate surface area is 145 Å². The van der Waals surface area contributed by atoms with E-state index in [-0.39, 0.29) is 12.1 Å². The van der Waals surface area contributed by atoms with Gasteiger partial charge in [-0.3, -0.25) is 0 Å². The van der Waals surface area contributed by atoms with E-state index in [0.717, 1.165) is 38.8 Å². The van der Waals surface area contributed by atoms with Crippen molar-refractivity contribution in [2.24, 2.45) is 0 Å². The first-order valence-electron chi connectivity index (χ1n) is 8.80. The van der Waals surface area contributed by atoms with Crippen molar-refractivity contribution in [3.05, 3.63) is 71.8 Å². The van der Waals surface area contributed by atoms with E-state index >= 15 is 0 Å². The number of ether oxygens (including phenoxy) is 1. The van der Waals surface area contributed by atoms with E-state index < -0.39 is 0 Å². The molecule has 1 N–H and O–H groups in total. The van der Waals surface area contributed by atoms with Gasteiger partial charge in [0.25, 0.3) is 0 Å². The Morgan fingerprint density at radius 1 is 1.00 bits per heavy atom. The Kier molecular flexibility index (Phi) is 8.05. The minimum Gasteiger partial charge on any atom is -0.459 e. The second kappa shape index (κ2) is 10.6. The molecule has 0 radical (unpaired) electrons. The molecular weight excluding hydrogens is 298 g/mol. The first kappa shape index (κ1) is 18.2. The SMILES string of the molecule is CCC(CCCCNCc1ccccc1)OC(=O)c1ccccc1. The average molecular weight is 325 g/mol. The van der Waals surface area contributed by atoms with Crippen LogP contribution in [0.25, 0.3) is 0 Å². The lowest BCUT2D eigenvalue weighted by atomic mass is 10.1. The number of carbonyl (C=O) groups excluding carboxylic acids is 1. The summed E-state index contributed by atoms with van der Waals surface area (Å²) in [5.74, 6) is -0.218. The Morgan fingerprint density at radius 2 is 1.67 bits per heavy atom. The Hall–Kier alpha value is -2.13. The van der Waals surface area contributed by atoms with E-state index in [0.29, 0.717) is 5.56 Å². The lowest BCUT2D eigenvalue weighted by Crippen LogP contribution is -2.19. The second-order valence-corrected chi connectivity index (χ2v) is 5.96. The van der Waals surface area contributed by atoms with Crippen LogP contribution in [0.4, 0.5) is 0 Å². The maximum Gasteiger partial charge on any atom is 0.338 e. The number of esters is 1. The molecule has 0 heterocycles. The summed E-state index contributed by atoms with van der Waals surface area (Å²) in [5.41, 5.74) is 1.93. The molecule has 0 aromatic heterocycles. The van der Waals surface area contributed by atoms with Crippen molar-refractivity contribution < 1.29 is 9.53 Å². The van der Waals surface area contributed by atoms with Gasteiger partial charge in [-0.25, -0.2) is 4.79 Å². The fourth-order valence-corrected chi connectivity index (χ4v) is 2.59. The van der Waals surface area contributed by atoms with Gasteiger partial charge in [0.15, 0.2) is 0 Å². The van der Waals surface area contributed by atoms with Crippen LogP contribution in [0.1, 0.15) is 48.5 Å². The summed E-state index contributed by atoms with van der Waals surface area (Å²) >= 11 is 0. The Morgan fingerprint density at radius 3 is 2.33 bits per heavy atom. The molecule has 0 aliphatic rings. The zero-order valence-corrected chi connectivity index (χ0v) is 14.4. The van der Waals surface area contributed by atoms with Crippen molar-refractivity contribution in [1.82, 2.24) is 5.32 Å². The normalized spacial score (nSPS) is 11.9. The summed E-state index contributed by atoms with van der Waals surface area (Å²) in [4.78, 5) is 12.1. The maximum atomic E-state index is 12.1. The van der Waals surface area contributed by atoms with Crippen LogP contribution in [-0.2, 0) is 11.3 Å². The van der Waals surface area contributed by atoms with Gasteiger partial charge < -0.3 is 10.1 Å². The summed E-state index contributed by atoms with van der Waals surface area (Å²) < 4.78 is 5.60. The van der Waals surface area contributed by atoms with Gasteiger partial charge in [0, 0.05) is 6.54 Å². The Bertz CT molecular complexity index is 583. The second-order valence-electron chi connectivity index (χ2n) is 5.96. The highest BCUT2D eigenvalue weighted by molar-refractivity contribution is 5.89. The molecule has 2 aromatic carbocycles. The van der Waals surface area contributed by atoms with Gasteiger partial charge in [0.1, 0.15) is 6.10 Å². The summed E-state index contributed by atoms with van der Waals surface area (Å²) in [6.07, 6.45) is 3.93. The van der Waals surface area contributed by atoms with E-state index in [2.05, 4.69) is 36.5 Å². The van der Waals surface area contributed by atoms with Crippen LogP contribution in [0.15, 0.2) is 60.7 Å². The summed E-state index contributed by atoms with van der Waals surface area (Å²) in [7, 11) is 0. The molecule has 24 heavy (non-hydrogen) atoms. The van der Waals surface area contributed by atoms with Crippen LogP contribution >= 0.6 is 0 Å². The fourth-order valence-electron chi connectivity index (χ4n) is 2.59. The summed E-state index contributed by atoms with van der Waals surface area (Å²) in [6, 6.07) is 19.6. The number of nitrogens with one attached hydrogen (secondary N) is 1. The lowest BCUT2D eigenvalue weighted by Gasteiger charge is -2.16. The van der Waals surface area contributed by atoms with Gasteiger partial charge in [0.05, 0.1) is 5.56 Å². The minimum absolute atomic E-state index is 0.00632. The predicted octanol–water partition coefficient (Wildman–Crippen LogP) is 4.58. The topological polar surface area (TPSA) is 38.3 Å². The molecule has 3 heteroatoms. The largest absolute Gasteiger partial charge is 0.459 e. The highest BCUT2D eigenvalue weighted by Gasteiger charge is 2.13. The lowest BCUT2D eigenvalue weighted by molar-refractivity contribution is 0.0267. The van der Waals surface area contributed by atoms with Crippen LogP contribution < -0.4 is 5.32 Å². The highest BCUT2D eigenvalue weighted by Crippen LogP contribution is 2.12. The Balaban J connectivity index is 1.60. The van der Waals surface area contributed by atoms with Gasteiger partial charge in [-0.15, -0.1) is 0 Å². The number of hydrogen-bond acceptors (Lipinski definition) is 3. The molecule has 2 rings (SSSR count). The van der Waals surface area contributed by atoms with Gasteiger partial charge in [-0.2, -0.15) is 0 Å². The quantitative estimate of drug-likeness (QED) is 0.513. The number of unbranched alkanes of at least 4 members (excludes halogenated alkanes) is 1. The van der Waals surface area contributed by atoms with Crippen molar-refractivity contribution in [2.75, 3.05) is 6.54 Å². The fraction of sp³-hybridized carbons (Fsp3) is 0.381. The molecule has 0 fully saturated rings. The summed E-state index contributed by atoms with van der Waals surface area (Å²) in [5, 5.41) is 3.45. The highest BCUT2D eigenvalue weighted by atomic mass is 16.5. The molecule has 128 valence electrons. The molecule has 0 bridgehead atoms. The average Bonchev–Trinajstić information content (AvgIpc) is 2.65. The maximum absolute atomic E-state index is 12.1. The minimum atomic E-state index is -0.218. The first-order chi connectivity index (χ1) is 11.8. The summed E-state index contributed by atoms with van der Waals surface area (Å²) in [6.45, 7) is 3.95. The van der Waals surface area contributed by atoms with Crippen LogP contribution in [0.2, 0.25) is 0 Å². The van der Waals surface area contributed by atoms with Gasteiger partial charge in [-0.05, 0) is 49.9 Å². The van der Waals surface area contributed by atoms with Gasteiger partial charge in [-0.1, -0.05) is 55.5 Å². The van der Waals surface area contributed by atoms with Gasteiger partial charge in [0.2, 0.25) is 0 Å². The molecule has 0 saturated carbocycles. The molecule has 1 atom stereocenters. The van der Waals surface area contributed by atoms with Crippen molar-refractivity contribution in [3.63, 3.8) is 0 Å². The van der Waals surface area contributed by atoms with E-state index in [1.54, 1.807) is 12.1 Å². The molecule has 1 unspecified atom stereocenters. The van der Waals surface area contributed by atoms with Crippen molar-refractivity contribution in [2.45, 2.75) is 45.3 Å². The number of hydrogen-bond donors (Lipinski definition) is 1. The molecule has 0 aliphatic carbocycles. The number of rotatable bonds is 10. The predicted molar refractivity (Wildman–Crippen MR) is 97.9 cm³/mol. The first-order valence-corrected chi connectivity index (χ1v) is 8.80. The third kappa shape index (κ3) is 6.55. The van der Waals surface area contributed by atoms with Crippen LogP contribution in [0.3, 0.4) is 0 Å². The van der Waals surface area contributed by atoms with Crippen LogP contribution in [0, 0.1) is 0 Å². The molecule has 0 aliphatic heterocycles.